The SMILES string of the molecule is Cc1cc(NCc2cccc(Cl)c2Cl)ccc1[N+](=O)[O-]. The molecule has 2 rings (SSSR count). The number of hydrogen-bond acceptors (Lipinski definition) is 3. The Morgan fingerprint density at radius 2 is 2.00 bits per heavy atom. The van der Waals surface area contributed by atoms with Gasteiger partial charge >= 0.3 is 0 Å². The van der Waals surface area contributed by atoms with E-state index in [2.05, 4.69) is 5.32 Å². The zero-order valence-electron chi connectivity index (χ0n) is 10.7. The second-order valence-corrected chi connectivity index (χ2v) is 5.11. The quantitative estimate of drug-likeness (QED) is 0.650. The van der Waals surface area contributed by atoms with Gasteiger partial charge in [-0.15, -0.1) is 0 Å². The van der Waals surface area contributed by atoms with Gasteiger partial charge in [-0.3, -0.25) is 10.1 Å². The van der Waals surface area contributed by atoms with Crippen LogP contribution in [0.1, 0.15) is 11.1 Å². The molecule has 0 saturated heterocycles. The average molecular weight is 311 g/mol. The summed E-state index contributed by atoms with van der Waals surface area (Å²) in [6.45, 7) is 2.20. The number of halogens is 2. The van der Waals surface area contributed by atoms with Crippen LogP contribution in [0.5, 0.6) is 0 Å². The lowest BCUT2D eigenvalue weighted by Gasteiger charge is -2.09. The highest BCUT2D eigenvalue weighted by molar-refractivity contribution is 6.42. The predicted octanol–water partition coefficient (Wildman–Crippen LogP) is 4.82. The largest absolute Gasteiger partial charge is 0.381 e. The molecule has 0 amide bonds. The molecule has 0 radical (unpaired) electrons. The molecule has 0 aliphatic rings. The van der Waals surface area contributed by atoms with Gasteiger partial charge in [-0.05, 0) is 30.7 Å². The van der Waals surface area contributed by atoms with E-state index >= 15 is 0 Å². The lowest BCUT2D eigenvalue weighted by molar-refractivity contribution is -0.385. The molecule has 2 aromatic rings. The summed E-state index contributed by atoms with van der Waals surface area (Å²) in [6, 6.07) is 10.3. The highest BCUT2D eigenvalue weighted by Crippen LogP contribution is 2.27. The van der Waals surface area contributed by atoms with Crippen molar-refractivity contribution in [1.82, 2.24) is 0 Å². The van der Waals surface area contributed by atoms with E-state index in [4.69, 9.17) is 23.2 Å². The van der Waals surface area contributed by atoms with Crippen molar-refractivity contribution in [3.05, 3.63) is 67.7 Å². The number of rotatable bonds is 4. The molecule has 0 unspecified atom stereocenters. The summed E-state index contributed by atoms with van der Waals surface area (Å²) >= 11 is 12.0. The van der Waals surface area contributed by atoms with Gasteiger partial charge in [0.1, 0.15) is 0 Å². The van der Waals surface area contributed by atoms with Gasteiger partial charge in [0.25, 0.3) is 5.69 Å². The Kier molecular flexibility index (Phi) is 4.47. The van der Waals surface area contributed by atoms with Gasteiger partial charge in [0.05, 0.1) is 15.0 Å². The molecule has 0 aliphatic heterocycles. The summed E-state index contributed by atoms with van der Waals surface area (Å²) in [6.07, 6.45) is 0. The first-order chi connectivity index (χ1) is 9.49. The van der Waals surface area contributed by atoms with Gasteiger partial charge in [-0.25, -0.2) is 0 Å². The van der Waals surface area contributed by atoms with Crippen LogP contribution in [0.3, 0.4) is 0 Å². The van der Waals surface area contributed by atoms with Crippen molar-refractivity contribution < 1.29 is 4.92 Å². The van der Waals surface area contributed by atoms with Crippen molar-refractivity contribution in [3.8, 4) is 0 Å². The van der Waals surface area contributed by atoms with Crippen LogP contribution in [-0.2, 0) is 6.54 Å². The second kappa shape index (κ2) is 6.11. The third-order valence-electron chi connectivity index (χ3n) is 2.91. The van der Waals surface area contributed by atoms with Gasteiger partial charge in [0.15, 0.2) is 0 Å². The smallest absolute Gasteiger partial charge is 0.272 e. The molecule has 6 heteroatoms. The van der Waals surface area contributed by atoms with E-state index in [0.29, 0.717) is 22.2 Å². The summed E-state index contributed by atoms with van der Waals surface area (Å²) in [5, 5.41) is 14.9. The van der Waals surface area contributed by atoms with E-state index in [1.54, 1.807) is 25.1 Å². The van der Waals surface area contributed by atoms with Gasteiger partial charge in [-0.1, -0.05) is 35.3 Å². The van der Waals surface area contributed by atoms with E-state index < -0.39 is 4.92 Å². The molecule has 104 valence electrons. The van der Waals surface area contributed by atoms with E-state index in [1.165, 1.54) is 6.07 Å². The monoisotopic (exact) mass is 310 g/mol. The van der Waals surface area contributed by atoms with Crippen LogP contribution < -0.4 is 5.32 Å². The number of benzene rings is 2. The molecule has 0 aliphatic carbocycles. The number of nitro benzene ring substituents is 1. The van der Waals surface area contributed by atoms with Crippen molar-refractivity contribution in [1.29, 1.82) is 0 Å². The summed E-state index contributed by atoms with van der Waals surface area (Å²) < 4.78 is 0. The van der Waals surface area contributed by atoms with E-state index in [0.717, 1.165) is 11.3 Å². The predicted molar refractivity (Wildman–Crippen MR) is 81.6 cm³/mol. The Hall–Kier alpha value is -1.78. The van der Waals surface area contributed by atoms with Gasteiger partial charge in [0.2, 0.25) is 0 Å². The molecule has 1 N–H and O–H groups in total. The Morgan fingerprint density at radius 1 is 1.25 bits per heavy atom. The maximum absolute atomic E-state index is 10.7. The highest BCUT2D eigenvalue weighted by atomic mass is 35.5. The summed E-state index contributed by atoms with van der Waals surface area (Å²) in [5.41, 5.74) is 2.38. The fourth-order valence-electron chi connectivity index (χ4n) is 1.85. The first-order valence-corrected chi connectivity index (χ1v) is 6.66. The van der Waals surface area contributed by atoms with Crippen LogP contribution in [0.4, 0.5) is 11.4 Å². The van der Waals surface area contributed by atoms with Gasteiger partial charge in [-0.2, -0.15) is 0 Å². The molecular weight excluding hydrogens is 299 g/mol. The third-order valence-corrected chi connectivity index (χ3v) is 3.77. The van der Waals surface area contributed by atoms with Crippen molar-refractivity contribution in [3.63, 3.8) is 0 Å². The molecule has 0 aromatic heterocycles. The van der Waals surface area contributed by atoms with Crippen molar-refractivity contribution in [2.45, 2.75) is 13.5 Å². The Labute approximate surface area is 126 Å². The van der Waals surface area contributed by atoms with Crippen LogP contribution in [0.2, 0.25) is 10.0 Å². The summed E-state index contributed by atoms with van der Waals surface area (Å²) in [7, 11) is 0. The maximum atomic E-state index is 10.7. The highest BCUT2D eigenvalue weighted by Gasteiger charge is 2.10. The van der Waals surface area contributed by atoms with Crippen LogP contribution in [-0.4, -0.2) is 4.92 Å². The number of nitro groups is 1. The average Bonchev–Trinajstić information content (AvgIpc) is 2.40. The van der Waals surface area contributed by atoms with Crippen molar-refractivity contribution in [2.75, 3.05) is 5.32 Å². The Balaban J connectivity index is 2.13. The van der Waals surface area contributed by atoms with E-state index in [1.807, 2.05) is 12.1 Å². The minimum absolute atomic E-state index is 0.108. The molecule has 0 fully saturated rings. The Morgan fingerprint density at radius 3 is 2.65 bits per heavy atom. The van der Waals surface area contributed by atoms with Crippen molar-refractivity contribution >= 4 is 34.6 Å². The second-order valence-electron chi connectivity index (χ2n) is 4.32. The molecule has 20 heavy (non-hydrogen) atoms. The molecule has 2 aromatic carbocycles. The first-order valence-electron chi connectivity index (χ1n) is 5.91. The number of nitrogens with one attached hydrogen (secondary N) is 1. The topological polar surface area (TPSA) is 55.2 Å². The molecule has 0 saturated carbocycles. The van der Waals surface area contributed by atoms with Gasteiger partial charge in [0, 0.05) is 23.9 Å². The van der Waals surface area contributed by atoms with E-state index in [-0.39, 0.29) is 5.69 Å². The molecule has 0 spiro atoms. The number of nitrogens with zero attached hydrogens (tertiary/aromatic N) is 1. The number of hydrogen-bond donors (Lipinski definition) is 1. The Bertz CT molecular complexity index is 660. The van der Waals surface area contributed by atoms with Crippen LogP contribution in [0, 0.1) is 17.0 Å². The molecular formula is C14H12Cl2N2O2. The minimum Gasteiger partial charge on any atom is -0.381 e. The normalized spacial score (nSPS) is 10.3. The van der Waals surface area contributed by atoms with Gasteiger partial charge < -0.3 is 5.32 Å². The molecule has 0 atom stereocenters. The summed E-state index contributed by atoms with van der Waals surface area (Å²) in [4.78, 5) is 10.4. The number of anilines is 1. The lowest BCUT2D eigenvalue weighted by atomic mass is 10.1. The third kappa shape index (κ3) is 3.21. The van der Waals surface area contributed by atoms with Crippen LogP contribution in [0.15, 0.2) is 36.4 Å². The standard InChI is InChI=1S/C14H12Cl2N2O2/c1-9-7-11(5-6-13(9)18(19)20)17-8-10-3-2-4-12(15)14(10)16/h2-7,17H,8H2,1H3. The van der Waals surface area contributed by atoms with Crippen molar-refractivity contribution in [2.24, 2.45) is 0 Å². The minimum atomic E-state index is -0.396. The number of aryl methyl sites for hydroxylation is 1. The summed E-state index contributed by atoms with van der Waals surface area (Å²) in [5.74, 6) is 0. The molecule has 4 nitrogen and oxygen atoms in total. The lowest BCUT2D eigenvalue weighted by Crippen LogP contribution is -2.01. The zero-order chi connectivity index (χ0) is 14.7. The van der Waals surface area contributed by atoms with Crippen LogP contribution in [0.25, 0.3) is 0 Å². The maximum Gasteiger partial charge on any atom is 0.272 e. The zero-order valence-corrected chi connectivity index (χ0v) is 12.2. The fraction of sp³-hybridized carbons (Fsp3) is 0.143. The molecule has 0 bridgehead atoms. The molecule has 0 heterocycles. The van der Waals surface area contributed by atoms with Crippen LogP contribution >= 0.6 is 23.2 Å². The van der Waals surface area contributed by atoms with E-state index in [9.17, 15) is 10.1 Å². The fourth-order valence-corrected chi connectivity index (χ4v) is 2.24. The first kappa shape index (κ1) is 14.6.